The van der Waals surface area contributed by atoms with E-state index in [1.54, 1.807) is 11.0 Å². The number of carbonyl (C=O) groups is 2. The van der Waals surface area contributed by atoms with Gasteiger partial charge < -0.3 is 10.2 Å². The Morgan fingerprint density at radius 1 is 1.24 bits per heavy atom. The molecule has 2 N–H and O–H groups in total. The van der Waals surface area contributed by atoms with Gasteiger partial charge in [-0.25, -0.2) is 9.97 Å². The highest BCUT2D eigenvalue weighted by molar-refractivity contribution is 5.92. The van der Waals surface area contributed by atoms with Crippen LogP contribution in [0.5, 0.6) is 0 Å². The molecule has 0 spiro atoms. The molecule has 0 saturated carbocycles. The molecule has 0 radical (unpaired) electrons. The van der Waals surface area contributed by atoms with Crippen molar-refractivity contribution in [2.24, 2.45) is 0 Å². The first-order chi connectivity index (χ1) is 11.8. The van der Waals surface area contributed by atoms with Gasteiger partial charge >= 0.3 is 0 Å². The number of aromatic nitrogens is 4. The maximum Gasteiger partial charge on any atom is 0.274 e. The Morgan fingerprint density at radius 3 is 2.56 bits per heavy atom. The summed E-state index contributed by atoms with van der Waals surface area (Å²) in [5.41, 5.74) is 1.24. The standard InChI is InChI=1S/C16H20N6O3/c1-9-6-10(2)18-16(17-9)22-14(24)7-13(20-22)15(25)21-5-4-12(8-21)19-11(3)23/h6-7,12,20H,4-5,8H2,1-3H3,(H,19,23). The number of hydrogen-bond donors (Lipinski definition) is 2. The van der Waals surface area contributed by atoms with Crippen molar-refractivity contribution in [3.05, 3.63) is 39.6 Å². The fourth-order valence-electron chi connectivity index (χ4n) is 2.98. The van der Waals surface area contributed by atoms with Crippen LogP contribution >= 0.6 is 0 Å². The minimum Gasteiger partial charge on any atom is -0.352 e. The summed E-state index contributed by atoms with van der Waals surface area (Å²) in [4.78, 5) is 46.0. The zero-order valence-electron chi connectivity index (χ0n) is 14.4. The molecule has 1 aliphatic rings. The van der Waals surface area contributed by atoms with Crippen LogP contribution in [0.2, 0.25) is 0 Å². The van der Waals surface area contributed by atoms with Crippen molar-refractivity contribution in [1.82, 2.24) is 30.0 Å². The first-order valence-electron chi connectivity index (χ1n) is 8.04. The largest absolute Gasteiger partial charge is 0.352 e. The lowest BCUT2D eigenvalue weighted by Gasteiger charge is -2.15. The van der Waals surface area contributed by atoms with Crippen molar-refractivity contribution in [3.63, 3.8) is 0 Å². The Morgan fingerprint density at radius 2 is 1.92 bits per heavy atom. The Labute approximate surface area is 144 Å². The Balaban J connectivity index is 1.82. The van der Waals surface area contributed by atoms with E-state index in [4.69, 9.17) is 0 Å². The minimum atomic E-state index is -0.397. The molecule has 25 heavy (non-hydrogen) atoms. The predicted octanol–water partition coefficient (Wildman–Crippen LogP) is -0.0770. The number of hydrogen-bond acceptors (Lipinski definition) is 5. The summed E-state index contributed by atoms with van der Waals surface area (Å²) in [7, 11) is 0. The van der Waals surface area contributed by atoms with Crippen molar-refractivity contribution in [3.8, 4) is 5.95 Å². The average molecular weight is 344 g/mol. The molecule has 1 saturated heterocycles. The zero-order chi connectivity index (χ0) is 18.1. The van der Waals surface area contributed by atoms with Crippen LogP contribution in [-0.4, -0.2) is 55.6 Å². The van der Waals surface area contributed by atoms with Gasteiger partial charge in [0.1, 0.15) is 5.69 Å². The van der Waals surface area contributed by atoms with E-state index in [1.807, 2.05) is 13.8 Å². The third-order valence-corrected chi connectivity index (χ3v) is 4.00. The molecule has 0 aromatic carbocycles. The summed E-state index contributed by atoms with van der Waals surface area (Å²) in [6, 6.07) is 2.99. The van der Waals surface area contributed by atoms with E-state index in [2.05, 4.69) is 20.4 Å². The van der Waals surface area contributed by atoms with Gasteiger partial charge in [-0.05, 0) is 26.3 Å². The number of aryl methyl sites for hydroxylation is 2. The first-order valence-corrected chi connectivity index (χ1v) is 8.04. The van der Waals surface area contributed by atoms with Gasteiger partial charge in [0.15, 0.2) is 0 Å². The Hall–Kier alpha value is -2.97. The predicted molar refractivity (Wildman–Crippen MR) is 89.6 cm³/mol. The second-order valence-electron chi connectivity index (χ2n) is 6.23. The third-order valence-electron chi connectivity index (χ3n) is 4.00. The van der Waals surface area contributed by atoms with Crippen LogP contribution in [0.25, 0.3) is 5.95 Å². The summed E-state index contributed by atoms with van der Waals surface area (Å²) in [5.74, 6) is -0.196. The molecule has 3 rings (SSSR count). The Bertz CT molecular complexity index is 864. The van der Waals surface area contributed by atoms with E-state index >= 15 is 0 Å². The summed E-state index contributed by atoms with van der Waals surface area (Å²) < 4.78 is 1.16. The van der Waals surface area contributed by atoms with Gasteiger partial charge in [-0.3, -0.25) is 19.5 Å². The maximum absolute atomic E-state index is 12.6. The summed E-state index contributed by atoms with van der Waals surface area (Å²) >= 11 is 0. The molecular weight excluding hydrogens is 324 g/mol. The van der Waals surface area contributed by atoms with E-state index in [9.17, 15) is 14.4 Å². The number of carbonyl (C=O) groups excluding carboxylic acids is 2. The van der Waals surface area contributed by atoms with Gasteiger partial charge in [0.05, 0.1) is 0 Å². The quantitative estimate of drug-likeness (QED) is 0.809. The van der Waals surface area contributed by atoms with Crippen LogP contribution in [0.15, 0.2) is 16.9 Å². The van der Waals surface area contributed by atoms with E-state index < -0.39 is 5.56 Å². The van der Waals surface area contributed by atoms with Crippen molar-refractivity contribution >= 4 is 11.8 Å². The highest BCUT2D eigenvalue weighted by Gasteiger charge is 2.28. The molecule has 0 aliphatic carbocycles. The lowest BCUT2D eigenvalue weighted by atomic mass is 10.2. The van der Waals surface area contributed by atoms with Gasteiger partial charge in [0.25, 0.3) is 17.4 Å². The van der Waals surface area contributed by atoms with Gasteiger partial charge in [0.2, 0.25) is 5.91 Å². The molecule has 9 nitrogen and oxygen atoms in total. The fourth-order valence-corrected chi connectivity index (χ4v) is 2.98. The van der Waals surface area contributed by atoms with Crippen LogP contribution in [0, 0.1) is 13.8 Å². The maximum atomic E-state index is 12.6. The minimum absolute atomic E-state index is 0.0574. The van der Waals surface area contributed by atoms with Gasteiger partial charge in [-0.15, -0.1) is 0 Å². The number of likely N-dealkylation sites (tertiary alicyclic amines) is 1. The average Bonchev–Trinajstić information content (AvgIpc) is 3.11. The highest BCUT2D eigenvalue weighted by atomic mass is 16.2. The zero-order valence-corrected chi connectivity index (χ0v) is 14.4. The lowest BCUT2D eigenvalue weighted by molar-refractivity contribution is -0.119. The molecule has 132 valence electrons. The SMILES string of the molecule is CC(=O)NC1CCN(C(=O)c2cc(=O)n(-c3nc(C)cc(C)n3)[nH]2)C1. The second kappa shape index (κ2) is 6.50. The van der Waals surface area contributed by atoms with Gasteiger partial charge in [-0.2, -0.15) is 4.68 Å². The normalized spacial score (nSPS) is 16.9. The number of nitrogens with zero attached hydrogens (tertiary/aromatic N) is 4. The lowest BCUT2D eigenvalue weighted by Crippen LogP contribution is -2.37. The molecule has 2 amide bonds. The molecule has 2 aromatic rings. The molecule has 2 aromatic heterocycles. The monoisotopic (exact) mass is 344 g/mol. The fraction of sp³-hybridized carbons (Fsp3) is 0.438. The van der Waals surface area contributed by atoms with Crippen LogP contribution in [-0.2, 0) is 4.79 Å². The van der Waals surface area contributed by atoms with Crippen LogP contribution in [0.3, 0.4) is 0 Å². The second-order valence-corrected chi connectivity index (χ2v) is 6.23. The summed E-state index contributed by atoms with van der Waals surface area (Å²) in [6.45, 7) is 6.02. The first kappa shape index (κ1) is 16.9. The molecule has 0 bridgehead atoms. The van der Waals surface area contributed by atoms with Crippen LogP contribution in [0.1, 0.15) is 35.2 Å². The summed E-state index contributed by atoms with van der Waals surface area (Å²) in [6.07, 6.45) is 0.691. The number of aromatic amines is 1. The third kappa shape index (κ3) is 3.59. The number of H-pyrrole nitrogens is 1. The van der Waals surface area contributed by atoms with Gasteiger partial charge in [0, 0.05) is 43.5 Å². The van der Waals surface area contributed by atoms with Crippen molar-refractivity contribution in [2.45, 2.75) is 33.2 Å². The molecule has 1 aliphatic heterocycles. The van der Waals surface area contributed by atoms with E-state index in [0.29, 0.717) is 19.5 Å². The molecule has 9 heteroatoms. The number of amides is 2. The molecule has 1 unspecified atom stereocenters. The van der Waals surface area contributed by atoms with Crippen molar-refractivity contribution < 1.29 is 9.59 Å². The molecule has 1 atom stereocenters. The number of nitrogens with one attached hydrogen (secondary N) is 2. The topological polar surface area (TPSA) is 113 Å². The van der Waals surface area contributed by atoms with Crippen molar-refractivity contribution in [2.75, 3.05) is 13.1 Å². The molecule has 1 fully saturated rings. The number of rotatable bonds is 3. The van der Waals surface area contributed by atoms with Gasteiger partial charge in [-0.1, -0.05) is 0 Å². The molecule has 3 heterocycles. The molecular formula is C16H20N6O3. The highest BCUT2D eigenvalue weighted by Crippen LogP contribution is 2.12. The van der Waals surface area contributed by atoms with Crippen LogP contribution < -0.4 is 10.9 Å². The van der Waals surface area contributed by atoms with Crippen molar-refractivity contribution in [1.29, 1.82) is 0 Å². The van der Waals surface area contributed by atoms with Crippen LogP contribution in [0.4, 0.5) is 0 Å². The van der Waals surface area contributed by atoms with E-state index in [1.165, 1.54) is 13.0 Å². The Kier molecular flexibility index (Phi) is 4.39. The summed E-state index contributed by atoms with van der Waals surface area (Å²) in [5, 5.41) is 5.59. The van der Waals surface area contributed by atoms with E-state index in [0.717, 1.165) is 16.1 Å². The smallest absolute Gasteiger partial charge is 0.274 e. The van der Waals surface area contributed by atoms with E-state index in [-0.39, 0.29) is 29.5 Å².